The van der Waals surface area contributed by atoms with E-state index in [4.69, 9.17) is 0 Å². The smallest absolute Gasteiger partial charge is 0.207 e. The SMILES string of the molecule is O=S(=O)(NCc1ccccc1Br)c1ccccc1F. The Kier molecular flexibility index (Phi) is 4.34. The Morgan fingerprint density at radius 1 is 1.05 bits per heavy atom. The molecule has 1 N–H and O–H groups in total. The first-order valence-electron chi connectivity index (χ1n) is 5.48. The predicted molar refractivity (Wildman–Crippen MR) is 74.6 cm³/mol. The number of rotatable bonds is 4. The number of sulfonamides is 1. The van der Waals surface area contributed by atoms with E-state index in [1.807, 2.05) is 12.1 Å². The average molecular weight is 344 g/mol. The highest BCUT2D eigenvalue weighted by atomic mass is 79.9. The number of hydrogen-bond acceptors (Lipinski definition) is 2. The van der Waals surface area contributed by atoms with Crippen molar-refractivity contribution in [1.29, 1.82) is 0 Å². The van der Waals surface area contributed by atoms with Crippen LogP contribution in [0.4, 0.5) is 4.39 Å². The van der Waals surface area contributed by atoms with E-state index in [9.17, 15) is 12.8 Å². The van der Waals surface area contributed by atoms with E-state index in [2.05, 4.69) is 20.7 Å². The molecule has 0 amide bonds. The quantitative estimate of drug-likeness (QED) is 0.927. The van der Waals surface area contributed by atoms with Gasteiger partial charge < -0.3 is 0 Å². The second-order valence-corrected chi connectivity index (χ2v) is 6.44. The average Bonchev–Trinajstić information content (AvgIpc) is 2.38. The third-order valence-corrected chi connectivity index (χ3v) is 4.74. The lowest BCUT2D eigenvalue weighted by Gasteiger charge is -2.08. The van der Waals surface area contributed by atoms with Crippen LogP contribution in [-0.2, 0) is 16.6 Å². The van der Waals surface area contributed by atoms with Crippen LogP contribution in [-0.4, -0.2) is 8.42 Å². The Hall–Kier alpha value is -1.24. The maximum absolute atomic E-state index is 13.5. The van der Waals surface area contributed by atoms with Crippen molar-refractivity contribution < 1.29 is 12.8 Å². The topological polar surface area (TPSA) is 46.2 Å². The maximum Gasteiger partial charge on any atom is 0.243 e. The molecule has 2 rings (SSSR count). The van der Waals surface area contributed by atoms with Gasteiger partial charge in [0.05, 0.1) is 0 Å². The van der Waals surface area contributed by atoms with Crippen molar-refractivity contribution in [1.82, 2.24) is 4.72 Å². The van der Waals surface area contributed by atoms with Gasteiger partial charge in [-0.3, -0.25) is 0 Å². The predicted octanol–water partition coefficient (Wildman–Crippen LogP) is 3.07. The highest BCUT2D eigenvalue weighted by molar-refractivity contribution is 9.10. The molecular weight excluding hydrogens is 333 g/mol. The molecule has 0 fully saturated rings. The second kappa shape index (κ2) is 5.81. The van der Waals surface area contributed by atoms with Gasteiger partial charge in [0.1, 0.15) is 10.7 Å². The van der Waals surface area contributed by atoms with Gasteiger partial charge in [0.15, 0.2) is 0 Å². The van der Waals surface area contributed by atoms with Crippen LogP contribution >= 0.6 is 15.9 Å². The monoisotopic (exact) mass is 343 g/mol. The van der Waals surface area contributed by atoms with Gasteiger partial charge in [-0.25, -0.2) is 17.5 Å². The number of benzene rings is 2. The fraction of sp³-hybridized carbons (Fsp3) is 0.0769. The molecule has 3 nitrogen and oxygen atoms in total. The van der Waals surface area contributed by atoms with Gasteiger partial charge in [-0.2, -0.15) is 0 Å². The van der Waals surface area contributed by atoms with Crippen LogP contribution in [0.5, 0.6) is 0 Å². The molecule has 0 atom stereocenters. The molecule has 19 heavy (non-hydrogen) atoms. The molecule has 0 aliphatic carbocycles. The van der Waals surface area contributed by atoms with Crippen LogP contribution < -0.4 is 4.72 Å². The highest BCUT2D eigenvalue weighted by Crippen LogP contribution is 2.17. The van der Waals surface area contributed by atoms with Gasteiger partial charge in [-0.1, -0.05) is 46.3 Å². The Morgan fingerprint density at radius 3 is 2.37 bits per heavy atom. The molecule has 0 aromatic heterocycles. The van der Waals surface area contributed by atoms with E-state index >= 15 is 0 Å². The minimum Gasteiger partial charge on any atom is -0.207 e. The van der Waals surface area contributed by atoms with Crippen molar-refractivity contribution in [3.63, 3.8) is 0 Å². The lowest BCUT2D eigenvalue weighted by atomic mass is 10.2. The summed E-state index contributed by atoms with van der Waals surface area (Å²) in [6.07, 6.45) is 0. The summed E-state index contributed by atoms with van der Waals surface area (Å²) in [4.78, 5) is -0.345. The molecule has 0 heterocycles. The molecule has 0 aliphatic heterocycles. The third-order valence-electron chi connectivity index (χ3n) is 2.54. The number of nitrogens with one attached hydrogen (secondary N) is 1. The summed E-state index contributed by atoms with van der Waals surface area (Å²) < 4.78 is 40.6. The minimum atomic E-state index is -3.85. The molecule has 2 aromatic rings. The van der Waals surface area contributed by atoms with Crippen LogP contribution in [0.2, 0.25) is 0 Å². The van der Waals surface area contributed by atoms with Crippen molar-refractivity contribution in [3.05, 3.63) is 64.4 Å². The Labute approximate surface area is 119 Å². The van der Waals surface area contributed by atoms with Crippen LogP contribution in [0.1, 0.15) is 5.56 Å². The number of halogens is 2. The van der Waals surface area contributed by atoms with E-state index in [0.717, 1.165) is 16.1 Å². The largest absolute Gasteiger partial charge is 0.243 e. The summed E-state index contributed by atoms with van der Waals surface area (Å²) in [6, 6.07) is 12.5. The molecule has 0 radical (unpaired) electrons. The van der Waals surface area contributed by atoms with Gasteiger partial charge in [0, 0.05) is 11.0 Å². The summed E-state index contributed by atoms with van der Waals surface area (Å²) in [5.74, 6) is -0.762. The van der Waals surface area contributed by atoms with Crippen LogP contribution in [0.15, 0.2) is 57.9 Å². The fourth-order valence-corrected chi connectivity index (χ4v) is 3.06. The molecule has 0 spiro atoms. The van der Waals surface area contributed by atoms with Gasteiger partial charge in [-0.15, -0.1) is 0 Å². The van der Waals surface area contributed by atoms with Crippen molar-refractivity contribution in [3.8, 4) is 0 Å². The zero-order valence-corrected chi connectivity index (χ0v) is 12.2. The number of hydrogen-bond donors (Lipinski definition) is 1. The zero-order valence-electron chi connectivity index (χ0n) is 9.81. The van der Waals surface area contributed by atoms with Crippen LogP contribution in [0.3, 0.4) is 0 Å². The van der Waals surface area contributed by atoms with E-state index in [0.29, 0.717) is 0 Å². The molecular formula is C13H11BrFNO2S. The molecule has 0 unspecified atom stereocenters. The van der Waals surface area contributed by atoms with Gasteiger partial charge in [0.2, 0.25) is 10.0 Å². The first kappa shape index (κ1) is 14.2. The standard InChI is InChI=1S/C13H11BrFNO2S/c14-11-6-2-1-5-10(11)9-16-19(17,18)13-8-4-3-7-12(13)15/h1-8,16H,9H2. The maximum atomic E-state index is 13.5. The molecule has 0 saturated heterocycles. The van der Waals surface area contributed by atoms with E-state index in [-0.39, 0.29) is 11.4 Å². The van der Waals surface area contributed by atoms with E-state index in [1.54, 1.807) is 12.1 Å². The molecule has 0 saturated carbocycles. The van der Waals surface area contributed by atoms with Crippen LogP contribution in [0.25, 0.3) is 0 Å². The zero-order chi connectivity index (χ0) is 13.9. The summed E-state index contributed by atoms with van der Waals surface area (Å²) in [7, 11) is -3.85. The summed E-state index contributed by atoms with van der Waals surface area (Å²) >= 11 is 3.33. The first-order valence-corrected chi connectivity index (χ1v) is 7.76. The Bertz CT molecular complexity index is 689. The van der Waals surface area contributed by atoms with Crippen molar-refractivity contribution in [2.24, 2.45) is 0 Å². The van der Waals surface area contributed by atoms with Gasteiger partial charge >= 0.3 is 0 Å². The molecule has 6 heteroatoms. The molecule has 0 aliphatic rings. The van der Waals surface area contributed by atoms with Crippen molar-refractivity contribution in [2.45, 2.75) is 11.4 Å². The second-order valence-electron chi connectivity index (χ2n) is 3.85. The molecule has 0 bridgehead atoms. The Morgan fingerprint density at radius 2 is 1.68 bits per heavy atom. The van der Waals surface area contributed by atoms with Crippen molar-refractivity contribution in [2.75, 3.05) is 0 Å². The lowest BCUT2D eigenvalue weighted by molar-refractivity contribution is 0.556. The fourth-order valence-electron chi connectivity index (χ4n) is 1.55. The first-order chi connectivity index (χ1) is 9.00. The summed E-state index contributed by atoms with van der Waals surface area (Å²) in [5, 5.41) is 0. The highest BCUT2D eigenvalue weighted by Gasteiger charge is 2.18. The van der Waals surface area contributed by atoms with Crippen molar-refractivity contribution >= 4 is 26.0 Å². The lowest BCUT2D eigenvalue weighted by Crippen LogP contribution is -2.24. The molecule has 2 aromatic carbocycles. The van der Waals surface area contributed by atoms with Crippen LogP contribution in [0, 0.1) is 5.82 Å². The Balaban J connectivity index is 2.20. The normalized spacial score (nSPS) is 11.5. The van der Waals surface area contributed by atoms with Gasteiger partial charge in [-0.05, 0) is 23.8 Å². The minimum absolute atomic E-state index is 0.0953. The van der Waals surface area contributed by atoms with E-state index < -0.39 is 15.8 Å². The third kappa shape index (κ3) is 3.40. The summed E-state index contributed by atoms with van der Waals surface area (Å²) in [5.41, 5.74) is 0.780. The van der Waals surface area contributed by atoms with E-state index in [1.165, 1.54) is 18.2 Å². The molecule has 100 valence electrons. The summed E-state index contributed by atoms with van der Waals surface area (Å²) in [6.45, 7) is 0.0953. The van der Waals surface area contributed by atoms with Gasteiger partial charge in [0.25, 0.3) is 0 Å².